The van der Waals surface area contributed by atoms with Crippen LogP contribution in [0.3, 0.4) is 0 Å². The summed E-state index contributed by atoms with van der Waals surface area (Å²) >= 11 is 0. The van der Waals surface area contributed by atoms with Crippen molar-refractivity contribution in [3.63, 3.8) is 0 Å². The van der Waals surface area contributed by atoms with E-state index in [4.69, 9.17) is 10.5 Å². The van der Waals surface area contributed by atoms with Crippen molar-refractivity contribution in [3.05, 3.63) is 42.2 Å². The summed E-state index contributed by atoms with van der Waals surface area (Å²) in [5, 5.41) is 4.10. The van der Waals surface area contributed by atoms with E-state index in [1.165, 1.54) is 0 Å². The topological polar surface area (TPSA) is 53.1 Å². The van der Waals surface area contributed by atoms with E-state index in [-0.39, 0.29) is 0 Å². The van der Waals surface area contributed by atoms with Crippen LogP contribution in [0.2, 0.25) is 0 Å². The second-order valence-electron chi connectivity index (χ2n) is 3.61. The third-order valence-electron chi connectivity index (χ3n) is 2.43. The Morgan fingerprint density at radius 1 is 1.25 bits per heavy atom. The van der Waals surface area contributed by atoms with Crippen molar-refractivity contribution in [2.75, 3.05) is 12.3 Å². The molecule has 0 unspecified atom stereocenters. The standard InChI is InChI=1S/C12H15N3O/c1-15-11(6-8-14-15)7-9-16-12-4-2-10(13)3-5-12/h2-6,8H,7,9,13H2,1H3. The Labute approximate surface area is 94.6 Å². The average Bonchev–Trinajstić information content (AvgIpc) is 2.68. The number of anilines is 1. The number of aromatic nitrogens is 2. The van der Waals surface area contributed by atoms with Crippen LogP contribution in [0.15, 0.2) is 36.5 Å². The molecule has 0 aliphatic rings. The first-order valence-electron chi connectivity index (χ1n) is 5.21. The number of nitrogen functional groups attached to an aromatic ring is 1. The molecule has 0 atom stereocenters. The van der Waals surface area contributed by atoms with E-state index in [1.54, 1.807) is 6.20 Å². The van der Waals surface area contributed by atoms with Crippen LogP contribution in [-0.4, -0.2) is 16.4 Å². The number of ether oxygens (including phenoxy) is 1. The fourth-order valence-corrected chi connectivity index (χ4v) is 1.48. The van der Waals surface area contributed by atoms with Gasteiger partial charge < -0.3 is 10.5 Å². The SMILES string of the molecule is Cn1nccc1CCOc1ccc(N)cc1. The Balaban J connectivity index is 1.84. The predicted octanol–water partition coefficient (Wildman–Crippen LogP) is 1.62. The van der Waals surface area contributed by atoms with Crippen molar-refractivity contribution in [2.24, 2.45) is 7.05 Å². The van der Waals surface area contributed by atoms with Crippen LogP contribution >= 0.6 is 0 Å². The normalized spacial score (nSPS) is 10.3. The molecule has 0 radical (unpaired) electrons. The van der Waals surface area contributed by atoms with Gasteiger partial charge in [-0.3, -0.25) is 4.68 Å². The fourth-order valence-electron chi connectivity index (χ4n) is 1.48. The molecule has 0 aliphatic carbocycles. The van der Waals surface area contributed by atoms with Gasteiger partial charge in [-0.2, -0.15) is 5.10 Å². The van der Waals surface area contributed by atoms with Crippen LogP contribution in [-0.2, 0) is 13.5 Å². The van der Waals surface area contributed by atoms with Crippen molar-refractivity contribution in [2.45, 2.75) is 6.42 Å². The molecule has 4 heteroatoms. The van der Waals surface area contributed by atoms with Crippen molar-refractivity contribution < 1.29 is 4.74 Å². The van der Waals surface area contributed by atoms with Crippen molar-refractivity contribution in [3.8, 4) is 5.75 Å². The summed E-state index contributed by atoms with van der Waals surface area (Å²) in [6.07, 6.45) is 2.64. The minimum atomic E-state index is 0.642. The largest absolute Gasteiger partial charge is 0.493 e. The maximum Gasteiger partial charge on any atom is 0.119 e. The van der Waals surface area contributed by atoms with Crippen LogP contribution in [0.4, 0.5) is 5.69 Å². The van der Waals surface area contributed by atoms with Crippen LogP contribution in [0.25, 0.3) is 0 Å². The third kappa shape index (κ3) is 2.53. The summed E-state index contributed by atoms with van der Waals surface area (Å²) in [7, 11) is 1.93. The quantitative estimate of drug-likeness (QED) is 0.792. The first-order chi connectivity index (χ1) is 7.75. The van der Waals surface area contributed by atoms with Crippen molar-refractivity contribution >= 4 is 5.69 Å². The summed E-state index contributed by atoms with van der Waals surface area (Å²) in [5.41, 5.74) is 7.50. The number of nitrogens with zero attached hydrogens (tertiary/aromatic N) is 2. The highest BCUT2D eigenvalue weighted by molar-refractivity contribution is 5.41. The van der Waals surface area contributed by atoms with Gasteiger partial charge in [0.15, 0.2) is 0 Å². The molecule has 0 bridgehead atoms. The van der Waals surface area contributed by atoms with Gasteiger partial charge in [0.2, 0.25) is 0 Å². The molecular formula is C12H15N3O. The highest BCUT2D eigenvalue weighted by Gasteiger charge is 1.99. The van der Waals surface area contributed by atoms with E-state index >= 15 is 0 Å². The van der Waals surface area contributed by atoms with E-state index in [0.717, 1.165) is 23.6 Å². The first-order valence-corrected chi connectivity index (χ1v) is 5.21. The molecule has 84 valence electrons. The van der Waals surface area contributed by atoms with Crippen molar-refractivity contribution in [1.82, 2.24) is 9.78 Å². The van der Waals surface area contributed by atoms with Gasteiger partial charge in [-0.25, -0.2) is 0 Å². The van der Waals surface area contributed by atoms with E-state index in [0.29, 0.717) is 6.61 Å². The zero-order valence-corrected chi connectivity index (χ0v) is 9.26. The second kappa shape index (κ2) is 4.70. The second-order valence-corrected chi connectivity index (χ2v) is 3.61. The Hall–Kier alpha value is -1.97. The number of hydrogen-bond donors (Lipinski definition) is 1. The van der Waals surface area contributed by atoms with Crippen LogP contribution in [0, 0.1) is 0 Å². The van der Waals surface area contributed by atoms with Crippen LogP contribution in [0.1, 0.15) is 5.69 Å². The van der Waals surface area contributed by atoms with E-state index in [1.807, 2.05) is 42.1 Å². The molecule has 0 amide bonds. The monoisotopic (exact) mass is 217 g/mol. The van der Waals surface area contributed by atoms with E-state index in [9.17, 15) is 0 Å². The molecule has 16 heavy (non-hydrogen) atoms. The smallest absolute Gasteiger partial charge is 0.119 e. The van der Waals surface area contributed by atoms with Gasteiger partial charge in [-0.15, -0.1) is 0 Å². The number of hydrogen-bond acceptors (Lipinski definition) is 3. The molecule has 1 heterocycles. The zero-order chi connectivity index (χ0) is 11.4. The Morgan fingerprint density at radius 3 is 2.62 bits per heavy atom. The highest BCUT2D eigenvalue weighted by Crippen LogP contribution is 2.13. The molecule has 1 aromatic heterocycles. The average molecular weight is 217 g/mol. The molecule has 2 rings (SSSR count). The lowest BCUT2D eigenvalue weighted by Gasteiger charge is -2.06. The molecule has 2 aromatic rings. The molecule has 0 saturated carbocycles. The first kappa shape index (κ1) is 10.5. The Kier molecular flexibility index (Phi) is 3.10. The molecule has 0 spiro atoms. The van der Waals surface area contributed by atoms with Gasteiger partial charge in [0, 0.05) is 31.0 Å². The van der Waals surface area contributed by atoms with Gasteiger partial charge in [0.1, 0.15) is 5.75 Å². The van der Waals surface area contributed by atoms with Crippen LogP contribution < -0.4 is 10.5 Å². The molecule has 0 saturated heterocycles. The molecular weight excluding hydrogens is 202 g/mol. The van der Waals surface area contributed by atoms with E-state index < -0.39 is 0 Å². The number of benzene rings is 1. The van der Waals surface area contributed by atoms with Gasteiger partial charge in [0.05, 0.1) is 6.61 Å². The molecule has 2 N–H and O–H groups in total. The molecule has 4 nitrogen and oxygen atoms in total. The number of nitrogens with two attached hydrogens (primary N) is 1. The summed E-state index contributed by atoms with van der Waals surface area (Å²) in [4.78, 5) is 0. The maximum absolute atomic E-state index is 5.59. The minimum absolute atomic E-state index is 0.642. The predicted molar refractivity (Wildman–Crippen MR) is 63.3 cm³/mol. The fraction of sp³-hybridized carbons (Fsp3) is 0.250. The summed E-state index contributed by atoms with van der Waals surface area (Å²) in [6.45, 7) is 0.642. The summed E-state index contributed by atoms with van der Waals surface area (Å²) in [5.74, 6) is 0.844. The Morgan fingerprint density at radius 2 is 2.00 bits per heavy atom. The lowest BCUT2D eigenvalue weighted by molar-refractivity contribution is 0.318. The number of aryl methyl sites for hydroxylation is 1. The van der Waals surface area contributed by atoms with Crippen LogP contribution in [0.5, 0.6) is 5.75 Å². The minimum Gasteiger partial charge on any atom is -0.493 e. The van der Waals surface area contributed by atoms with E-state index in [2.05, 4.69) is 5.10 Å². The van der Waals surface area contributed by atoms with Gasteiger partial charge >= 0.3 is 0 Å². The zero-order valence-electron chi connectivity index (χ0n) is 9.26. The molecule has 0 fully saturated rings. The molecule has 0 aliphatic heterocycles. The summed E-state index contributed by atoms with van der Waals surface area (Å²) in [6, 6.07) is 9.41. The lowest BCUT2D eigenvalue weighted by atomic mass is 10.3. The van der Waals surface area contributed by atoms with Gasteiger partial charge in [-0.1, -0.05) is 0 Å². The maximum atomic E-state index is 5.59. The highest BCUT2D eigenvalue weighted by atomic mass is 16.5. The van der Waals surface area contributed by atoms with Gasteiger partial charge in [0.25, 0.3) is 0 Å². The van der Waals surface area contributed by atoms with Gasteiger partial charge in [-0.05, 0) is 30.3 Å². The lowest BCUT2D eigenvalue weighted by Crippen LogP contribution is -2.05. The Bertz CT molecular complexity index is 448. The number of rotatable bonds is 4. The van der Waals surface area contributed by atoms with Crippen molar-refractivity contribution in [1.29, 1.82) is 0 Å². The molecule has 1 aromatic carbocycles. The summed E-state index contributed by atoms with van der Waals surface area (Å²) < 4.78 is 7.45. The third-order valence-corrected chi connectivity index (χ3v) is 2.43.